The van der Waals surface area contributed by atoms with E-state index in [2.05, 4.69) is 44.3 Å². The van der Waals surface area contributed by atoms with Gasteiger partial charge in [-0.1, -0.05) is 32.9 Å². The summed E-state index contributed by atoms with van der Waals surface area (Å²) in [5.41, 5.74) is 9.85. The van der Waals surface area contributed by atoms with Crippen LogP contribution in [0.1, 0.15) is 50.7 Å². The molecule has 0 saturated carbocycles. The second-order valence-corrected chi connectivity index (χ2v) is 5.34. The lowest BCUT2D eigenvalue weighted by molar-refractivity contribution is 0.541. The SMILES string of the molecule is CCC(CC)c1ccc(CC(C)CNC)cc1N. The van der Waals surface area contributed by atoms with Crippen LogP contribution in [-0.2, 0) is 6.42 Å². The minimum Gasteiger partial charge on any atom is -0.398 e. The number of hydrogen-bond acceptors (Lipinski definition) is 2. The van der Waals surface area contributed by atoms with Crippen molar-refractivity contribution in [2.75, 3.05) is 19.3 Å². The van der Waals surface area contributed by atoms with Gasteiger partial charge < -0.3 is 11.1 Å². The van der Waals surface area contributed by atoms with Crippen molar-refractivity contribution in [3.63, 3.8) is 0 Å². The zero-order valence-corrected chi connectivity index (χ0v) is 12.3. The Morgan fingerprint density at radius 2 is 1.89 bits per heavy atom. The first kappa shape index (κ1) is 15.0. The summed E-state index contributed by atoms with van der Waals surface area (Å²) in [6, 6.07) is 6.64. The predicted octanol–water partition coefficient (Wildman–Crippen LogP) is 3.57. The maximum atomic E-state index is 6.21. The van der Waals surface area contributed by atoms with Gasteiger partial charge in [-0.05, 0) is 61.9 Å². The van der Waals surface area contributed by atoms with Crippen LogP contribution in [0.5, 0.6) is 0 Å². The average molecular weight is 248 g/mol. The van der Waals surface area contributed by atoms with E-state index in [1.54, 1.807) is 0 Å². The van der Waals surface area contributed by atoms with Gasteiger partial charge in [0, 0.05) is 5.69 Å². The molecule has 102 valence electrons. The molecule has 1 unspecified atom stereocenters. The van der Waals surface area contributed by atoms with Crippen LogP contribution in [0.15, 0.2) is 18.2 Å². The molecule has 18 heavy (non-hydrogen) atoms. The van der Waals surface area contributed by atoms with Crippen molar-refractivity contribution < 1.29 is 0 Å². The summed E-state index contributed by atoms with van der Waals surface area (Å²) in [5.74, 6) is 1.25. The van der Waals surface area contributed by atoms with E-state index in [1.165, 1.54) is 11.1 Å². The topological polar surface area (TPSA) is 38.0 Å². The van der Waals surface area contributed by atoms with Gasteiger partial charge in [-0.15, -0.1) is 0 Å². The maximum absolute atomic E-state index is 6.21. The second-order valence-electron chi connectivity index (χ2n) is 5.34. The molecule has 0 aliphatic rings. The van der Waals surface area contributed by atoms with E-state index in [0.717, 1.165) is 31.5 Å². The molecular formula is C16H28N2. The Labute approximate surface area is 112 Å². The van der Waals surface area contributed by atoms with E-state index in [1.807, 2.05) is 7.05 Å². The highest BCUT2D eigenvalue weighted by atomic mass is 14.8. The molecule has 0 fully saturated rings. The lowest BCUT2D eigenvalue weighted by Crippen LogP contribution is -2.18. The van der Waals surface area contributed by atoms with Gasteiger partial charge in [0.05, 0.1) is 0 Å². The first-order valence-electron chi connectivity index (χ1n) is 7.15. The van der Waals surface area contributed by atoms with Crippen molar-refractivity contribution in [3.05, 3.63) is 29.3 Å². The van der Waals surface area contributed by atoms with Gasteiger partial charge in [-0.25, -0.2) is 0 Å². The van der Waals surface area contributed by atoms with Crippen molar-refractivity contribution in [2.24, 2.45) is 5.92 Å². The molecule has 1 rings (SSSR count). The van der Waals surface area contributed by atoms with Crippen molar-refractivity contribution in [3.8, 4) is 0 Å². The molecule has 3 N–H and O–H groups in total. The van der Waals surface area contributed by atoms with Gasteiger partial charge >= 0.3 is 0 Å². The Bertz CT molecular complexity index is 356. The minimum atomic E-state index is 0.605. The fourth-order valence-electron chi connectivity index (χ4n) is 2.67. The number of nitrogens with two attached hydrogens (primary N) is 1. The summed E-state index contributed by atoms with van der Waals surface area (Å²) in [6.45, 7) is 7.78. The molecule has 0 saturated heterocycles. The Morgan fingerprint density at radius 3 is 2.39 bits per heavy atom. The van der Waals surface area contributed by atoms with Gasteiger partial charge in [-0.3, -0.25) is 0 Å². The summed E-state index contributed by atoms with van der Waals surface area (Å²) in [7, 11) is 2.00. The van der Waals surface area contributed by atoms with Crippen molar-refractivity contribution in [2.45, 2.75) is 46.0 Å². The second kappa shape index (κ2) is 7.42. The number of hydrogen-bond donors (Lipinski definition) is 2. The number of benzene rings is 1. The predicted molar refractivity (Wildman–Crippen MR) is 81.0 cm³/mol. The van der Waals surface area contributed by atoms with Crippen LogP contribution in [0.2, 0.25) is 0 Å². The molecule has 1 aromatic rings. The standard InChI is InChI=1S/C16H28N2/c1-5-14(6-2)15-8-7-13(10-16(15)17)9-12(3)11-18-4/h7-8,10,12,14,18H,5-6,9,11,17H2,1-4H3. The summed E-state index contributed by atoms with van der Waals surface area (Å²) in [6.07, 6.45) is 3.42. The molecule has 0 bridgehead atoms. The van der Waals surface area contributed by atoms with Crippen molar-refractivity contribution >= 4 is 5.69 Å². The van der Waals surface area contributed by atoms with E-state index in [4.69, 9.17) is 5.73 Å². The third kappa shape index (κ3) is 4.02. The monoisotopic (exact) mass is 248 g/mol. The lowest BCUT2D eigenvalue weighted by atomic mass is 9.90. The third-order valence-electron chi connectivity index (χ3n) is 3.71. The molecular weight excluding hydrogens is 220 g/mol. The van der Waals surface area contributed by atoms with Gasteiger partial charge in [0.1, 0.15) is 0 Å². The molecule has 0 aliphatic heterocycles. The van der Waals surface area contributed by atoms with E-state index in [-0.39, 0.29) is 0 Å². The van der Waals surface area contributed by atoms with Crippen LogP contribution in [0, 0.1) is 5.92 Å². The van der Waals surface area contributed by atoms with Crippen LogP contribution >= 0.6 is 0 Å². The Morgan fingerprint density at radius 1 is 1.22 bits per heavy atom. The highest BCUT2D eigenvalue weighted by Crippen LogP contribution is 2.29. The normalized spacial score (nSPS) is 12.9. The van der Waals surface area contributed by atoms with E-state index >= 15 is 0 Å². The minimum absolute atomic E-state index is 0.605. The van der Waals surface area contributed by atoms with Crippen molar-refractivity contribution in [1.82, 2.24) is 5.32 Å². The summed E-state index contributed by atoms with van der Waals surface area (Å²) < 4.78 is 0. The summed E-state index contributed by atoms with van der Waals surface area (Å²) in [4.78, 5) is 0. The van der Waals surface area contributed by atoms with Crippen LogP contribution < -0.4 is 11.1 Å². The number of nitrogens with one attached hydrogen (secondary N) is 1. The molecule has 0 aromatic heterocycles. The average Bonchev–Trinajstić information content (AvgIpc) is 2.33. The Kier molecular flexibility index (Phi) is 6.20. The number of rotatable bonds is 7. The molecule has 0 radical (unpaired) electrons. The molecule has 1 atom stereocenters. The van der Waals surface area contributed by atoms with Gasteiger partial charge in [0.25, 0.3) is 0 Å². The Balaban J connectivity index is 2.78. The number of anilines is 1. The van der Waals surface area contributed by atoms with Crippen molar-refractivity contribution in [1.29, 1.82) is 0 Å². The number of nitrogen functional groups attached to an aromatic ring is 1. The van der Waals surface area contributed by atoms with Crippen LogP contribution in [0.3, 0.4) is 0 Å². The van der Waals surface area contributed by atoms with E-state index in [9.17, 15) is 0 Å². The molecule has 0 heterocycles. The van der Waals surface area contributed by atoms with Gasteiger partial charge in [0.2, 0.25) is 0 Å². The largest absolute Gasteiger partial charge is 0.398 e. The van der Waals surface area contributed by atoms with Gasteiger partial charge in [0.15, 0.2) is 0 Å². The first-order valence-corrected chi connectivity index (χ1v) is 7.15. The molecule has 2 heteroatoms. The van der Waals surface area contributed by atoms with Gasteiger partial charge in [-0.2, -0.15) is 0 Å². The van der Waals surface area contributed by atoms with E-state index in [0.29, 0.717) is 11.8 Å². The first-order chi connectivity index (χ1) is 8.62. The smallest absolute Gasteiger partial charge is 0.0352 e. The molecule has 0 spiro atoms. The van der Waals surface area contributed by atoms with E-state index < -0.39 is 0 Å². The van der Waals surface area contributed by atoms with Crippen LogP contribution in [0.4, 0.5) is 5.69 Å². The van der Waals surface area contributed by atoms with Crippen LogP contribution in [-0.4, -0.2) is 13.6 Å². The highest BCUT2D eigenvalue weighted by molar-refractivity contribution is 5.51. The molecule has 2 nitrogen and oxygen atoms in total. The fourth-order valence-corrected chi connectivity index (χ4v) is 2.67. The highest BCUT2D eigenvalue weighted by Gasteiger charge is 2.11. The van der Waals surface area contributed by atoms with Crippen LogP contribution in [0.25, 0.3) is 0 Å². The lowest BCUT2D eigenvalue weighted by Gasteiger charge is -2.17. The zero-order chi connectivity index (χ0) is 13.5. The zero-order valence-electron chi connectivity index (χ0n) is 12.3. The molecule has 1 aromatic carbocycles. The maximum Gasteiger partial charge on any atom is 0.0352 e. The fraction of sp³-hybridized carbons (Fsp3) is 0.625. The summed E-state index contributed by atoms with van der Waals surface area (Å²) in [5, 5.41) is 3.22. The quantitative estimate of drug-likeness (QED) is 0.724. The Hall–Kier alpha value is -1.02. The molecule has 0 aliphatic carbocycles. The molecule has 0 amide bonds. The third-order valence-corrected chi connectivity index (χ3v) is 3.71. The summed E-state index contributed by atoms with van der Waals surface area (Å²) >= 11 is 0.